The van der Waals surface area contributed by atoms with Gasteiger partial charge in [0.1, 0.15) is 16.0 Å². The lowest BCUT2D eigenvalue weighted by Crippen LogP contribution is -1.97. The van der Waals surface area contributed by atoms with Gasteiger partial charge in [0.2, 0.25) is 0 Å². The summed E-state index contributed by atoms with van der Waals surface area (Å²) in [7, 11) is 0. The van der Waals surface area contributed by atoms with Gasteiger partial charge in [-0.3, -0.25) is 0 Å². The third-order valence-electron chi connectivity index (χ3n) is 3.78. The number of aryl methyl sites for hydroxylation is 2. The molecule has 0 aliphatic heterocycles. The van der Waals surface area contributed by atoms with Crippen molar-refractivity contribution in [3.05, 3.63) is 40.5 Å². The van der Waals surface area contributed by atoms with Crippen molar-refractivity contribution < 1.29 is 9.90 Å². The van der Waals surface area contributed by atoms with E-state index in [-0.39, 0.29) is 4.88 Å². The van der Waals surface area contributed by atoms with Crippen LogP contribution < -0.4 is 0 Å². The van der Waals surface area contributed by atoms with Crippen LogP contribution >= 0.6 is 23.1 Å². The fourth-order valence-corrected chi connectivity index (χ4v) is 3.89. The molecule has 0 fully saturated rings. The summed E-state index contributed by atoms with van der Waals surface area (Å²) >= 11 is 2.92. The van der Waals surface area contributed by atoms with Crippen molar-refractivity contribution in [1.82, 2.24) is 9.55 Å². The molecule has 0 aliphatic rings. The normalized spacial score (nSPS) is 10.9. The lowest BCUT2D eigenvalue weighted by Gasteiger charge is -2.04. The molecule has 0 saturated heterocycles. The van der Waals surface area contributed by atoms with Crippen molar-refractivity contribution in [2.45, 2.75) is 13.5 Å². The van der Waals surface area contributed by atoms with Crippen molar-refractivity contribution in [3.8, 4) is 16.6 Å². The maximum atomic E-state index is 11.2. The van der Waals surface area contributed by atoms with E-state index < -0.39 is 5.97 Å². The summed E-state index contributed by atoms with van der Waals surface area (Å²) in [5.74, 6) is 0.0163. The van der Waals surface area contributed by atoms with E-state index in [1.54, 1.807) is 18.7 Å². The number of thiazole rings is 1. The Balaban J connectivity index is 2.10. The highest BCUT2D eigenvalue weighted by Crippen LogP contribution is 2.32. The first-order valence-electron chi connectivity index (χ1n) is 7.28. The van der Waals surface area contributed by atoms with Crippen LogP contribution in [0.2, 0.25) is 0 Å². The second kappa shape index (κ2) is 6.67. The predicted octanol–water partition coefficient (Wildman–Crippen LogP) is 4.01. The minimum absolute atomic E-state index is 0.253. The number of thioether (sulfide) groups is 1. The molecular formula is C17H15N3O2S2. The lowest BCUT2D eigenvalue weighted by atomic mass is 10.1. The van der Waals surface area contributed by atoms with Gasteiger partial charge in [0, 0.05) is 35.0 Å². The van der Waals surface area contributed by atoms with E-state index in [2.05, 4.69) is 21.9 Å². The number of carbonyl (C=O) groups is 1. The van der Waals surface area contributed by atoms with Crippen molar-refractivity contribution >= 4 is 40.0 Å². The number of nitrogens with zero attached hydrogens (tertiary/aromatic N) is 3. The van der Waals surface area contributed by atoms with Gasteiger partial charge in [0.05, 0.1) is 11.3 Å². The second-order valence-electron chi connectivity index (χ2n) is 5.31. The van der Waals surface area contributed by atoms with Gasteiger partial charge in [0.25, 0.3) is 0 Å². The number of hydrogen-bond acceptors (Lipinski definition) is 5. The number of hydrogen-bond donors (Lipinski definition) is 1. The van der Waals surface area contributed by atoms with Gasteiger partial charge in [-0.05, 0) is 31.4 Å². The molecule has 0 unspecified atom stereocenters. The highest BCUT2D eigenvalue weighted by molar-refractivity contribution is 7.98. The quantitative estimate of drug-likeness (QED) is 0.746. The number of aromatic nitrogens is 2. The van der Waals surface area contributed by atoms with E-state index in [9.17, 15) is 15.2 Å². The first-order valence-corrected chi connectivity index (χ1v) is 9.49. The highest BCUT2D eigenvalue weighted by atomic mass is 32.2. The van der Waals surface area contributed by atoms with Gasteiger partial charge in [-0.1, -0.05) is 0 Å². The van der Waals surface area contributed by atoms with Crippen LogP contribution in [0.5, 0.6) is 0 Å². The third-order valence-corrected chi connectivity index (χ3v) is 5.56. The first kappa shape index (κ1) is 16.6. The maximum absolute atomic E-state index is 11.2. The monoisotopic (exact) mass is 357 g/mol. The molecular weight excluding hydrogens is 342 g/mol. The van der Waals surface area contributed by atoms with Crippen molar-refractivity contribution in [3.63, 3.8) is 0 Å². The molecule has 1 aromatic carbocycles. The van der Waals surface area contributed by atoms with Crippen molar-refractivity contribution in [2.75, 3.05) is 12.0 Å². The molecule has 122 valence electrons. The fraction of sp³-hybridized carbons (Fsp3) is 0.235. The summed E-state index contributed by atoms with van der Waals surface area (Å²) in [6, 6.07) is 8.07. The number of carboxylic acid groups (broad SMARTS) is 1. The number of fused-ring (bicyclic) bond motifs is 1. The molecule has 1 N–H and O–H groups in total. The average molecular weight is 357 g/mol. The van der Waals surface area contributed by atoms with Crippen LogP contribution in [0, 0.1) is 18.3 Å². The molecule has 3 rings (SSSR count). The van der Waals surface area contributed by atoms with Crippen LogP contribution in [0.3, 0.4) is 0 Å². The highest BCUT2D eigenvalue weighted by Gasteiger charge is 2.16. The smallest absolute Gasteiger partial charge is 0.347 e. The van der Waals surface area contributed by atoms with E-state index in [0.717, 1.165) is 40.1 Å². The Morgan fingerprint density at radius 3 is 2.92 bits per heavy atom. The molecule has 0 radical (unpaired) electrons. The van der Waals surface area contributed by atoms with Gasteiger partial charge in [-0.25, -0.2) is 9.78 Å². The molecule has 2 aromatic heterocycles. The van der Waals surface area contributed by atoms with Crippen LogP contribution in [0.1, 0.15) is 20.9 Å². The topological polar surface area (TPSA) is 78.9 Å². The Morgan fingerprint density at radius 2 is 2.29 bits per heavy atom. The molecule has 0 atom stereocenters. The number of carboxylic acids is 1. The Labute approximate surface area is 147 Å². The number of aromatic carboxylic acids is 1. The van der Waals surface area contributed by atoms with E-state index in [0.29, 0.717) is 16.3 Å². The summed E-state index contributed by atoms with van der Waals surface area (Å²) in [6.07, 6.45) is 3.93. The molecule has 3 aromatic rings. The Bertz CT molecular complexity index is 966. The minimum atomic E-state index is -0.960. The summed E-state index contributed by atoms with van der Waals surface area (Å²) in [5.41, 5.74) is 2.98. The van der Waals surface area contributed by atoms with Crippen LogP contribution in [0.15, 0.2) is 24.4 Å². The summed E-state index contributed by atoms with van der Waals surface area (Å²) in [5, 5.41) is 20.1. The van der Waals surface area contributed by atoms with Gasteiger partial charge in [0.15, 0.2) is 0 Å². The first-order chi connectivity index (χ1) is 11.5. The molecule has 5 nitrogen and oxygen atoms in total. The summed E-state index contributed by atoms with van der Waals surface area (Å²) in [4.78, 5) is 15.8. The lowest BCUT2D eigenvalue weighted by molar-refractivity contribution is 0.0701. The molecule has 0 spiro atoms. The Hall–Kier alpha value is -2.30. The third kappa shape index (κ3) is 2.90. The van der Waals surface area contributed by atoms with Gasteiger partial charge < -0.3 is 9.67 Å². The van der Waals surface area contributed by atoms with Crippen molar-refractivity contribution in [1.29, 1.82) is 5.26 Å². The average Bonchev–Trinajstić information content (AvgIpc) is 3.13. The summed E-state index contributed by atoms with van der Waals surface area (Å²) < 4.78 is 2.09. The number of rotatable bonds is 5. The van der Waals surface area contributed by atoms with Crippen LogP contribution in [0.25, 0.3) is 21.5 Å². The number of benzene rings is 1. The SMILES string of the molecule is CSCCn1cc(C#N)c2cc(-c3nc(C)c(C(=O)O)s3)ccc21. The Morgan fingerprint density at radius 1 is 1.50 bits per heavy atom. The second-order valence-corrected chi connectivity index (χ2v) is 7.30. The van der Waals surface area contributed by atoms with Crippen LogP contribution in [0.4, 0.5) is 0 Å². The molecule has 24 heavy (non-hydrogen) atoms. The Kier molecular flexibility index (Phi) is 4.60. The molecule has 0 aliphatic carbocycles. The maximum Gasteiger partial charge on any atom is 0.347 e. The van der Waals surface area contributed by atoms with E-state index in [1.807, 2.05) is 24.4 Å². The molecule has 0 bridgehead atoms. The van der Waals surface area contributed by atoms with Crippen molar-refractivity contribution in [2.24, 2.45) is 0 Å². The molecule has 0 amide bonds. The zero-order valence-corrected chi connectivity index (χ0v) is 14.9. The van der Waals surface area contributed by atoms with E-state index in [4.69, 9.17) is 0 Å². The van der Waals surface area contributed by atoms with Crippen LogP contribution in [-0.4, -0.2) is 32.6 Å². The zero-order chi connectivity index (χ0) is 17.3. The predicted molar refractivity (Wildman–Crippen MR) is 97.8 cm³/mol. The minimum Gasteiger partial charge on any atom is -0.477 e. The fourth-order valence-electron chi connectivity index (χ4n) is 2.61. The molecule has 2 heterocycles. The van der Waals surface area contributed by atoms with E-state index in [1.165, 1.54) is 0 Å². The van der Waals surface area contributed by atoms with Gasteiger partial charge in [-0.2, -0.15) is 17.0 Å². The van der Waals surface area contributed by atoms with E-state index >= 15 is 0 Å². The van der Waals surface area contributed by atoms with Gasteiger partial charge >= 0.3 is 5.97 Å². The molecule has 0 saturated carbocycles. The number of nitriles is 1. The standard InChI is InChI=1S/C17H15N3O2S2/c1-10-15(17(21)22)24-16(19-10)11-3-4-14-13(7-11)12(8-18)9-20(14)5-6-23-2/h3-4,7,9H,5-6H2,1-2H3,(H,21,22). The zero-order valence-electron chi connectivity index (χ0n) is 13.2. The molecule has 7 heteroatoms. The summed E-state index contributed by atoms with van der Waals surface area (Å²) in [6.45, 7) is 2.54. The van der Waals surface area contributed by atoms with Crippen LogP contribution in [-0.2, 0) is 6.54 Å². The van der Waals surface area contributed by atoms with Gasteiger partial charge in [-0.15, -0.1) is 11.3 Å². The largest absolute Gasteiger partial charge is 0.477 e.